The van der Waals surface area contributed by atoms with Gasteiger partial charge in [0.2, 0.25) is 0 Å². The first-order valence-corrected chi connectivity index (χ1v) is 7.69. The van der Waals surface area contributed by atoms with Gasteiger partial charge in [0.1, 0.15) is 0 Å². The van der Waals surface area contributed by atoms with Gasteiger partial charge in [-0.25, -0.2) is 0 Å². The lowest BCUT2D eigenvalue weighted by atomic mass is 10.2. The summed E-state index contributed by atoms with van der Waals surface area (Å²) in [5.41, 5.74) is 1.12. The SMILES string of the molecule is CCNCc1ccc(Sc2cccc(Cl)c2)cc1Cl. The summed E-state index contributed by atoms with van der Waals surface area (Å²) in [6.07, 6.45) is 0. The maximum Gasteiger partial charge on any atom is 0.0462 e. The molecule has 4 heteroatoms. The van der Waals surface area contributed by atoms with Gasteiger partial charge >= 0.3 is 0 Å². The number of benzene rings is 2. The quantitative estimate of drug-likeness (QED) is 0.809. The zero-order valence-corrected chi connectivity index (χ0v) is 12.9. The van der Waals surface area contributed by atoms with Crippen LogP contribution < -0.4 is 5.32 Å². The summed E-state index contributed by atoms with van der Waals surface area (Å²) < 4.78 is 0. The van der Waals surface area contributed by atoms with Gasteiger partial charge in [-0.1, -0.05) is 54.0 Å². The Hall–Kier alpha value is -0.670. The summed E-state index contributed by atoms with van der Waals surface area (Å²) in [6.45, 7) is 3.82. The molecular formula is C15H15Cl2NS. The zero-order chi connectivity index (χ0) is 13.7. The van der Waals surface area contributed by atoms with Crippen LogP contribution in [0.4, 0.5) is 0 Å². The van der Waals surface area contributed by atoms with Crippen LogP contribution in [-0.4, -0.2) is 6.54 Å². The predicted octanol–water partition coefficient (Wildman–Crippen LogP) is 5.25. The van der Waals surface area contributed by atoms with Gasteiger partial charge < -0.3 is 5.32 Å². The molecule has 0 radical (unpaired) electrons. The molecule has 0 bridgehead atoms. The Balaban J connectivity index is 2.11. The van der Waals surface area contributed by atoms with Gasteiger partial charge in [0, 0.05) is 26.4 Å². The second kappa shape index (κ2) is 7.20. The zero-order valence-electron chi connectivity index (χ0n) is 10.6. The fourth-order valence-corrected chi connectivity index (χ4v) is 3.15. The first kappa shape index (κ1) is 14.7. The molecule has 2 aromatic rings. The van der Waals surface area contributed by atoms with Crippen molar-refractivity contribution < 1.29 is 0 Å². The summed E-state index contributed by atoms with van der Waals surface area (Å²) in [4.78, 5) is 2.23. The number of nitrogens with one attached hydrogen (secondary N) is 1. The molecule has 0 saturated heterocycles. The molecule has 1 nitrogen and oxygen atoms in total. The van der Waals surface area contributed by atoms with Crippen LogP contribution in [0.5, 0.6) is 0 Å². The van der Waals surface area contributed by atoms with E-state index in [1.807, 2.05) is 30.3 Å². The van der Waals surface area contributed by atoms with E-state index in [9.17, 15) is 0 Å². The predicted molar refractivity (Wildman–Crippen MR) is 84.4 cm³/mol. The Kier molecular flexibility index (Phi) is 5.59. The Morgan fingerprint density at radius 3 is 2.53 bits per heavy atom. The first-order valence-electron chi connectivity index (χ1n) is 6.11. The molecule has 2 aromatic carbocycles. The molecule has 1 N–H and O–H groups in total. The molecule has 0 aromatic heterocycles. The average Bonchev–Trinajstić information content (AvgIpc) is 2.38. The molecule has 0 aliphatic rings. The Bertz CT molecular complexity index is 558. The van der Waals surface area contributed by atoms with Crippen LogP contribution in [0.2, 0.25) is 10.0 Å². The highest BCUT2D eigenvalue weighted by Gasteiger charge is 2.03. The van der Waals surface area contributed by atoms with E-state index in [0.717, 1.165) is 38.5 Å². The van der Waals surface area contributed by atoms with Crippen molar-refractivity contribution in [2.24, 2.45) is 0 Å². The maximum atomic E-state index is 6.28. The summed E-state index contributed by atoms with van der Waals surface area (Å²) in [6, 6.07) is 14.0. The van der Waals surface area contributed by atoms with Crippen molar-refractivity contribution in [3.05, 3.63) is 58.1 Å². The molecular weight excluding hydrogens is 297 g/mol. The molecule has 0 unspecified atom stereocenters. The highest BCUT2D eigenvalue weighted by Crippen LogP contribution is 2.32. The molecule has 0 spiro atoms. The maximum absolute atomic E-state index is 6.28. The van der Waals surface area contributed by atoms with Gasteiger partial charge in [-0.3, -0.25) is 0 Å². The van der Waals surface area contributed by atoms with Crippen LogP contribution in [0.25, 0.3) is 0 Å². The van der Waals surface area contributed by atoms with Crippen LogP contribution in [0.1, 0.15) is 12.5 Å². The molecule has 19 heavy (non-hydrogen) atoms. The fourth-order valence-electron chi connectivity index (χ4n) is 1.66. The average molecular weight is 312 g/mol. The third kappa shape index (κ3) is 4.43. The number of hydrogen-bond donors (Lipinski definition) is 1. The van der Waals surface area contributed by atoms with Gasteiger partial charge in [-0.15, -0.1) is 0 Å². The van der Waals surface area contributed by atoms with Crippen molar-refractivity contribution in [3.63, 3.8) is 0 Å². The second-order valence-corrected chi connectivity index (χ2v) is 6.08. The van der Waals surface area contributed by atoms with Crippen molar-refractivity contribution in [1.82, 2.24) is 5.32 Å². The van der Waals surface area contributed by atoms with Crippen molar-refractivity contribution in [2.45, 2.75) is 23.3 Å². The van der Waals surface area contributed by atoms with Crippen LogP contribution >= 0.6 is 35.0 Å². The Morgan fingerprint density at radius 2 is 1.84 bits per heavy atom. The van der Waals surface area contributed by atoms with E-state index in [0.29, 0.717) is 0 Å². The van der Waals surface area contributed by atoms with E-state index in [-0.39, 0.29) is 0 Å². The molecule has 0 atom stereocenters. The third-order valence-electron chi connectivity index (χ3n) is 2.62. The summed E-state index contributed by atoms with van der Waals surface area (Å²) in [5, 5.41) is 4.82. The number of hydrogen-bond acceptors (Lipinski definition) is 2. The summed E-state index contributed by atoms with van der Waals surface area (Å²) in [7, 11) is 0. The highest BCUT2D eigenvalue weighted by atomic mass is 35.5. The third-order valence-corrected chi connectivity index (χ3v) is 4.19. The van der Waals surface area contributed by atoms with E-state index < -0.39 is 0 Å². The van der Waals surface area contributed by atoms with E-state index in [2.05, 4.69) is 24.4 Å². The van der Waals surface area contributed by atoms with Gasteiger partial charge in [0.05, 0.1) is 0 Å². The fraction of sp³-hybridized carbons (Fsp3) is 0.200. The van der Waals surface area contributed by atoms with Gasteiger partial charge in [0.15, 0.2) is 0 Å². The Morgan fingerprint density at radius 1 is 1.05 bits per heavy atom. The smallest absolute Gasteiger partial charge is 0.0462 e. The summed E-state index contributed by atoms with van der Waals surface area (Å²) in [5.74, 6) is 0. The largest absolute Gasteiger partial charge is 0.313 e. The minimum absolute atomic E-state index is 0.750. The molecule has 0 aliphatic carbocycles. The van der Waals surface area contributed by atoms with E-state index >= 15 is 0 Å². The van der Waals surface area contributed by atoms with Crippen molar-refractivity contribution in [3.8, 4) is 0 Å². The van der Waals surface area contributed by atoms with Crippen molar-refractivity contribution in [1.29, 1.82) is 0 Å². The highest BCUT2D eigenvalue weighted by molar-refractivity contribution is 7.99. The standard InChI is InChI=1S/C15H15Cl2NS/c1-2-18-10-11-6-7-14(9-15(11)17)19-13-5-3-4-12(16)8-13/h3-9,18H,2,10H2,1H3. The van der Waals surface area contributed by atoms with Crippen LogP contribution in [0.3, 0.4) is 0 Å². The lowest BCUT2D eigenvalue weighted by Gasteiger charge is -2.07. The monoisotopic (exact) mass is 311 g/mol. The van der Waals surface area contributed by atoms with E-state index in [4.69, 9.17) is 23.2 Å². The summed E-state index contributed by atoms with van der Waals surface area (Å²) >= 11 is 13.9. The number of halogens is 2. The van der Waals surface area contributed by atoms with Gasteiger partial charge in [0.25, 0.3) is 0 Å². The minimum Gasteiger partial charge on any atom is -0.313 e. The molecule has 100 valence electrons. The lowest BCUT2D eigenvalue weighted by Crippen LogP contribution is -2.11. The topological polar surface area (TPSA) is 12.0 Å². The van der Waals surface area contributed by atoms with Crippen LogP contribution in [-0.2, 0) is 6.54 Å². The molecule has 0 saturated carbocycles. The molecule has 0 fully saturated rings. The second-order valence-electron chi connectivity index (χ2n) is 4.09. The van der Waals surface area contributed by atoms with Crippen molar-refractivity contribution in [2.75, 3.05) is 6.54 Å². The Labute approximate surface area is 128 Å². The molecule has 0 amide bonds. The molecule has 0 heterocycles. The van der Waals surface area contributed by atoms with Crippen LogP contribution in [0.15, 0.2) is 52.3 Å². The molecule has 2 rings (SSSR count). The van der Waals surface area contributed by atoms with Gasteiger partial charge in [-0.2, -0.15) is 0 Å². The lowest BCUT2D eigenvalue weighted by molar-refractivity contribution is 0.726. The number of rotatable bonds is 5. The van der Waals surface area contributed by atoms with E-state index in [1.54, 1.807) is 11.8 Å². The van der Waals surface area contributed by atoms with Gasteiger partial charge in [-0.05, 0) is 42.4 Å². The van der Waals surface area contributed by atoms with E-state index in [1.165, 1.54) is 0 Å². The normalized spacial score (nSPS) is 10.7. The van der Waals surface area contributed by atoms with Crippen molar-refractivity contribution >= 4 is 35.0 Å². The molecule has 0 aliphatic heterocycles. The van der Waals surface area contributed by atoms with Crippen LogP contribution in [0, 0.1) is 0 Å². The first-order chi connectivity index (χ1) is 9.19. The minimum atomic E-state index is 0.750.